The number of benzene rings is 1. The first-order valence-corrected chi connectivity index (χ1v) is 6.81. The largest absolute Gasteiger partial charge is 0.382 e. The molecule has 6 heteroatoms. The summed E-state index contributed by atoms with van der Waals surface area (Å²) in [6.07, 6.45) is 1.74. The number of hydrogen-bond acceptors (Lipinski definition) is 3. The van der Waals surface area contributed by atoms with E-state index in [-0.39, 0.29) is 0 Å². The van der Waals surface area contributed by atoms with Crippen LogP contribution in [0, 0.1) is 0 Å². The summed E-state index contributed by atoms with van der Waals surface area (Å²) < 4.78 is 2.54. The Morgan fingerprint density at radius 1 is 1.44 bits per heavy atom. The molecule has 1 unspecified atom stereocenters. The molecule has 0 aliphatic heterocycles. The van der Waals surface area contributed by atoms with Crippen molar-refractivity contribution in [3.8, 4) is 0 Å². The molecule has 0 saturated carbocycles. The Labute approximate surface area is 119 Å². The van der Waals surface area contributed by atoms with Crippen molar-refractivity contribution in [3.05, 3.63) is 45.1 Å². The molecule has 1 atom stereocenters. The van der Waals surface area contributed by atoms with Crippen LogP contribution in [0.4, 0.5) is 0 Å². The van der Waals surface area contributed by atoms with Gasteiger partial charge in [-0.05, 0) is 30.2 Å². The Bertz CT molecular complexity index is 524. The van der Waals surface area contributed by atoms with Crippen LogP contribution in [0.15, 0.2) is 28.9 Å². The van der Waals surface area contributed by atoms with E-state index < -0.39 is 6.10 Å². The number of rotatable bonds is 4. The van der Waals surface area contributed by atoms with Crippen LogP contribution in [0.2, 0.25) is 5.02 Å². The first-order valence-electron chi connectivity index (χ1n) is 5.64. The van der Waals surface area contributed by atoms with Crippen LogP contribution in [0.25, 0.3) is 0 Å². The average Bonchev–Trinajstić information content (AvgIpc) is 2.75. The number of aliphatic hydroxyl groups is 1. The maximum absolute atomic E-state index is 10.4. The molecule has 2 rings (SSSR count). The number of aromatic nitrogens is 3. The maximum atomic E-state index is 10.4. The smallest absolute Gasteiger partial charge is 0.122 e. The molecular weight excluding hydrogens is 318 g/mol. The Balaban J connectivity index is 2.34. The van der Waals surface area contributed by atoms with Crippen molar-refractivity contribution in [2.24, 2.45) is 0 Å². The van der Waals surface area contributed by atoms with Gasteiger partial charge in [-0.25, -0.2) is 4.68 Å². The maximum Gasteiger partial charge on any atom is 0.122 e. The summed E-state index contributed by atoms with van der Waals surface area (Å²) in [5, 5.41) is 18.7. The van der Waals surface area contributed by atoms with Crippen molar-refractivity contribution in [1.82, 2.24) is 15.0 Å². The van der Waals surface area contributed by atoms with Crippen molar-refractivity contribution in [3.63, 3.8) is 0 Å². The number of nitrogens with zero attached hydrogens (tertiary/aromatic N) is 3. The van der Waals surface area contributed by atoms with Crippen molar-refractivity contribution in [2.75, 3.05) is 0 Å². The summed E-state index contributed by atoms with van der Waals surface area (Å²) in [7, 11) is 0. The van der Waals surface area contributed by atoms with Crippen LogP contribution in [0.1, 0.15) is 30.7 Å². The highest BCUT2D eigenvalue weighted by Crippen LogP contribution is 2.27. The summed E-state index contributed by atoms with van der Waals surface area (Å²) in [5.41, 5.74) is 1.39. The molecular formula is C12H13BrClN3O. The van der Waals surface area contributed by atoms with Gasteiger partial charge in [0.15, 0.2) is 0 Å². The minimum absolute atomic E-state index is 0.577. The molecule has 0 saturated heterocycles. The molecule has 0 amide bonds. The Morgan fingerprint density at radius 3 is 2.89 bits per heavy atom. The fraction of sp³-hybridized carbons (Fsp3) is 0.333. The zero-order valence-corrected chi connectivity index (χ0v) is 12.2. The molecule has 4 nitrogen and oxygen atoms in total. The molecule has 1 aromatic carbocycles. The van der Waals surface area contributed by atoms with Crippen LogP contribution >= 0.6 is 27.5 Å². The average molecular weight is 331 g/mol. The van der Waals surface area contributed by atoms with E-state index in [0.29, 0.717) is 16.3 Å². The summed E-state index contributed by atoms with van der Waals surface area (Å²) >= 11 is 9.34. The molecule has 0 aliphatic carbocycles. The van der Waals surface area contributed by atoms with Gasteiger partial charge >= 0.3 is 0 Å². The highest BCUT2D eigenvalue weighted by molar-refractivity contribution is 9.10. The lowest BCUT2D eigenvalue weighted by molar-refractivity contribution is 0.207. The molecule has 2 aromatic rings. The Morgan fingerprint density at radius 2 is 2.22 bits per heavy atom. The standard InChI is InChI=1S/C12H13BrClN3O/c1-2-3-17-11(7-15-16-17)12(18)8-4-9(13)6-10(14)5-8/h4-7,12,18H,2-3H2,1H3. The van der Waals surface area contributed by atoms with Gasteiger partial charge in [-0.1, -0.05) is 39.7 Å². The number of aliphatic hydroxyl groups excluding tert-OH is 1. The monoisotopic (exact) mass is 329 g/mol. The predicted molar refractivity (Wildman–Crippen MR) is 73.5 cm³/mol. The van der Waals surface area contributed by atoms with Gasteiger partial charge in [-0.3, -0.25) is 0 Å². The summed E-state index contributed by atoms with van der Waals surface area (Å²) in [4.78, 5) is 0. The van der Waals surface area contributed by atoms with E-state index in [2.05, 4.69) is 26.2 Å². The van der Waals surface area contributed by atoms with Crippen molar-refractivity contribution >= 4 is 27.5 Å². The van der Waals surface area contributed by atoms with E-state index in [1.54, 1.807) is 23.0 Å². The number of halogens is 2. The molecule has 1 heterocycles. The number of aryl methyl sites for hydroxylation is 1. The quantitative estimate of drug-likeness (QED) is 0.936. The SMILES string of the molecule is CCCn1nncc1C(O)c1cc(Cl)cc(Br)c1. The molecule has 1 N–H and O–H groups in total. The van der Waals surface area contributed by atoms with Gasteiger partial charge < -0.3 is 5.11 Å². The third-order valence-electron chi connectivity index (χ3n) is 2.56. The number of hydrogen-bond donors (Lipinski definition) is 1. The highest BCUT2D eigenvalue weighted by Gasteiger charge is 2.17. The minimum atomic E-state index is -0.776. The van der Waals surface area contributed by atoms with Gasteiger partial charge in [-0.2, -0.15) is 0 Å². The van der Waals surface area contributed by atoms with E-state index >= 15 is 0 Å². The van der Waals surface area contributed by atoms with Gasteiger partial charge in [-0.15, -0.1) is 5.10 Å². The van der Waals surface area contributed by atoms with Crippen LogP contribution in [0.3, 0.4) is 0 Å². The Kier molecular flexibility index (Phi) is 4.37. The second-order valence-electron chi connectivity index (χ2n) is 3.99. The van der Waals surface area contributed by atoms with E-state index in [9.17, 15) is 5.11 Å². The molecule has 0 spiro atoms. The van der Waals surface area contributed by atoms with Gasteiger partial charge in [0.1, 0.15) is 6.10 Å². The molecule has 1 aromatic heterocycles. The molecule has 96 valence electrons. The summed E-state index contributed by atoms with van der Waals surface area (Å²) in [6, 6.07) is 5.35. The lowest BCUT2D eigenvalue weighted by Crippen LogP contribution is -2.10. The highest BCUT2D eigenvalue weighted by atomic mass is 79.9. The molecule has 0 bridgehead atoms. The first-order chi connectivity index (χ1) is 8.61. The lowest BCUT2D eigenvalue weighted by Gasteiger charge is -2.13. The van der Waals surface area contributed by atoms with Gasteiger partial charge in [0.25, 0.3) is 0 Å². The lowest BCUT2D eigenvalue weighted by atomic mass is 10.1. The van der Waals surface area contributed by atoms with E-state index in [1.807, 2.05) is 13.0 Å². The second-order valence-corrected chi connectivity index (χ2v) is 5.34. The fourth-order valence-corrected chi connectivity index (χ4v) is 2.65. The zero-order valence-electron chi connectivity index (χ0n) is 9.85. The third-order valence-corrected chi connectivity index (χ3v) is 3.24. The first kappa shape index (κ1) is 13.5. The predicted octanol–water partition coefficient (Wildman–Crippen LogP) is 3.19. The molecule has 0 aliphatic rings. The zero-order chi connectivity index (χ0) is 13.1. The summed E-state index contributed by atoms with van der Waals surface area (Å²) in [6.45, 7) is 2.78. The Hall–Kier alpha value is -0.910. The topological polar surface area (TPSA) is 50.9 Å². The van der Waals surface area contributed by atoms with E-state index in [4.69, 9.17) is 11.6 Å². The molecule has 0 radical (unpaired) electrons. The van der Waals surface area contributed by atoms with Crippen LogP contribution in [-0.2, 0) is 6.54 Å². The van der Waals surface area contributed by atoms with Gasteiger partial charge in [0.05, 0.1) is 11.9 Å². The summed E-state index contributed by atoms with van der Waals surface area (Å²) in [5.74, 6) is 0. The molecule has 18 heavy (non-hydrogen) atoms. The van der Waals surface area contributed by atoms with Crippen molar-refractivity contribution < 1.29 is 5.11 Å². The van der Waals surface area contributed by atoms with E-state index in [1.165, 1.54) is 0 Å². The van der Waals surface area contributed by atoms with Crippen molar-refractivity contribution in [2.45, 2.75) is 26.0 Å². The van der Waals surface area contributed by atoms with E-state index in [0.717, 1.165) is 17.4 Å². The van der Waals surface area contributed by atoms with Crippen LogP contribution < -0.4 is 0 Å². The van der Waals surface area contributed by atoms with Gasteiger partial charge in [0, 0.05) is 16.0 Å². The van der Waals surface area contributed by atoms with Crippen LogP contribution in [-0.4, -0.2) is 20.1 Å². The third kappa shape index (κ3) is 2.91. The van der Waals surface area contributed by atoms with Crippen LogP contribution in [0.5, 0.6) is 0 Å². The fourth-order valence-electron chi connectivity index (χ4n) is 1.77. The minimum Gasteiger partial charge on any atom is -0.382 e. The normalized spacial score (nSPS) is 12.7. The second kappa shape index (κ2) is 5.82. The molecule has 0 fully saturated rings. The van der Waals surface area contributed by atoms with Gasteiger partial charge in [0.2, 0.25) is 0 Å². The van der Waals surface area contributed by atoms with Crippen molar-refractivity contribution in [1.29, 1.82) is 0 Å².